The highest BCUT2D eigenvalue weighted by molar-refractivity contribution is 7.93. The van der Waals surface area contributed by atoms with Crippen molar-refractivity contribution in [1.82, 2.24) is 14.1 Å². The number of carbonyl (C=O) groups is 1. The summed E-state index contributed by atoms with van der Waals surface area (Å²) in [7, 11) is -3.79. The van der Waals surface area contributed by atoms with Crippen molar-refractivity contribution in [2.75, 3.05) is 45.9 Å². The molecule has 0 unspecified atom stereocenters. The number of rotatable bonds is 4. The number of nitrogens with zero attached hydrogens (tertiary/aromatic N) is 3. The third kappa shape index (κ3) is 4.73. The van der Waals surface area contributed by atoms with Crippen LogP contribution in [0, 0.1) is 11.3 Å². The maximum atomic E-state index is 13.1. The molecule has 0 aromatic heterocycles. The zero-order valence-corrected chi connectivity index (χ0v) is 19.1. The number of nitrogens with one attached hydrogen (secondary N) is 1. The molecule has 3 aliphatic rings. The number of piperazine rings is 1. The number of amides is 1. The van der Waals surface area contributed by atoms with Crippen molar-refractivity contribution in [3.63, 3.8) is 0 Å². The number of sulfonamides is 1. The van der Waals surface area contributed by atoms with Gasteiger partial charge in [0, 0.05) is 43.3 Å². The molecular formula is C21H27ClN4O4S. The molecular weight excluding hydrogens is 440 g/mol. The smallest absolute Gasteiger partial charge is 0.243 e. The van der Waals surface area contributed by atoms with Gasteiger partial charge in [0.05, 0.1) is 17.3 Å². The van der Waals surface area contributed by atoms with E-state index in [4.69, 9.17) is 21.7 Å². The van der Waals surface area contributed by atoms with Crippen LogP contribution in [0.4, 0.5) is 0 Å². The Hall–Kier alpha value is -2.10. The van der Waals surface area contributed by atoms with Gasteiger partial charge in [-0.1, -0.05) is 11.6 Å². The minimum Gasteiger partial charge on any atom is -0.487 e. The molecule has 3 aliphatic heterocycles. The molecule has 0 aliphatic carbocycles. The number of fused-ring (bicyclic) bond motifs is 1. The van der Waals surface area contributed by atoms with Gasteiger partial charge in [0.2, 0.25) is 15.9 Å². The topological polar surface area (TPSA) is 94.0 Å². The lowest BCUT2D eigenvalue weighted by Crippen LogP contribution is -2.54. The van der Waals surface area contributed by atoms with Gasteiger partial charge in [-0.2, -0.15) is 4.31 Å². The quantitative estimate of drug-likeness (QED) is 0.542. The largest absolute Gasteiger partial charge is 0.487 e. The second kappa shape index (κ2) is 8.80. The Bertz CT molecular complexity index is 1020. The monoisotopic (exact) mass is 466 g/mol. The van der Waals surface area contributed by atoms with E-state index in [0.717, 1.165) is 25.9 Å². The van der Waals surface area contributed by atoms with E-state index in [2.05, 4.69) is 4.90 Å². The third-order valence-electron chi connectivity index (χ3n) is 6.18. The number of piperidine rings is 1. The van der Waals surface area contributed by atoms with E-state index in [1.807, 2.05) is 0 Å². The van der Waals surface area contributed by atoms with Crippen LogP contribution in [0.3, 0.4) is 0 Å². The molecule has 0 spiro atoms. The molecule has 1 aromatic rings. The fraction of sp³-hybridized carbons (Fsp3) is 0.524. The van der Waals surface area contributed by atoms with Crippen molar-refractivity contribution in [1.29, 1.82) is 5.41 Å². The maximum absolute atomic E-state index is 13.1. The number of hydrogen-bond acceptors (Lipinski definition) is 5. The third-order valence-corrected chi connectivity index (χ3v) is 8.31. The first-order valence-electron chi connectivity index (χ1n) is 10.4. The normalized spacial score (nSPS) is 20.8. The molecule has 8 nitrogen and oxygen atoms in total. The van der Waals surface area contributed by atoms with Crippen molar-refractivity contribution in [2.45, 2.75) is 19.8 Å². The summed E-state index contributed by atoms with van der Waals surface area (Å²) in [5.41, 5.74) is 0.658. The molecule has 31 heavy (non-hydrogen) atoms. The molecule has 168 valence electrons. The van der Waals surface area contributed by atoms with Crippen LogP contribution in [0.15, 0.2) is 23.1 Å². The molecule has 2 fully saturated rings. The van der Waals surface area contributed by atoms with Crippen LogP contribution < -0.4 is 4.74 Å². The van der Waals surface area contributed by atoms with Crippen molar-refractivity contribution >= 4 is 39.4 Å². The summed E-state index contributed by atoms with van der Waals surface area (Å²) in [5.74, 6) is 1.36. The number of likely N-dealkylation sites (tertiary alicyclic amines) is 1. The van der Waals surface area contributed by atoms with Crippen molar-refractivity contribution in [3.05, 3.63) is 33.7 Å². The minimum absolute atomic E-state index is 0.0743. The summed E-state index contributed by atoms with van der Waals surface area (Å²) in [6, 6.07) is 5.07. The summed E-state index contributed by atoms with van der Waals surface area (Å²) < 4.78 is 33.1. The zero-order chi connectivity index (χ0) is 22.2. The van der Waals surface area contributed by atoms with Crippen LogP contribution in [-0.2, 0) is 14.8 Å². The van der Waals surface area contributed by atoms with Crippen molar-refractivity contribution < 1.29 is 17.9 Å². The van der Waals surface area contributed by atoms with Crippen LogP contribution in [0.2, 0.25) is 5.02 Å². The maximum Gasteiger partial charge on any atom is 0.243 e. The Balaban J connectivity index is 1.38. The first kappa shape index (κ1) is 22.1. The van der Waals surface area contributed by atoms with Gasteiger partial charge in [-0.25, -0.2) is 8.42 Å². The molecule has 0 radical (unpaired) electrons. The van der Waals surface area contributed by atoms with E-state index < -0.39 is 10.0 Å². The highest BCUT2D eigenvalue weighted by Gasteiger charge is 2.36. The number of hydrogen-bond donors (Lipinski definition) is 1. The van der Waals surface area contributed by atoms with Gasteiger partial charge in [0.25, 0.3) is 0 Å². The second-order valence-electron chi connectivity index (χ2n) is 8.28. The SMILES string of the molecule is CC(=N)N1CCC(CN2CCN(S(=O)(=O)C3=Cc4ccc(Cl)cc4OC3)CC2=O)CC1. The van der Waals surface area contributed by atoms with Crippen LogP contribution in [-0.4, -0.2) is 80.1 Å². The van der Waals surface area contributed by atoms with E-state index in [-0.39, 0.29) is 30.5 Å². The van der Waals surface area contributed by atoms with Crippen LogP contribution in [0.25, 0.3) is 6.08 Å². The van der Waals surface area contributed by atoms with E-state index in [1.165, 1.54) is 4.31 Å². The van der Waals surface area contributed by atoms with Gasteiger partial charge in [-0.3, -0.25) is 10.2 Å². The van der Waals surface area contributed by atoms with Crippen LogP contribution >= 0.6 is 11.6 Å². The highest BCUT2D eigenvalue weighted by Crippen LogP contribution is 2.32. The van der Waals surface area contributed by atoms with Gasteiger partial charge in [0.15, 0.2) is 0 Å². The van der Waals surface area contributed by atoms with E-state index >= 15 is 0 Å². The number of ether oxygens (including phenoxy) is 1. The Morgan fingerprint density at radius 3 is 2.65 bits per heavy atom. The van der Waals surface area contributed by atoms with E-state index in [9.17, 15) is 13.2 Å². The summed E-state index contributed by atoms with van der Waals surface area (Å²) in [6.07, 6.45) is 3.48. The molecule has 1 aromatic carbocycles. The molecule has 0 saturated carbocycles. The molecule has 0 atom stereocenters. The predicted octanol–water partition coefficient (Wildman–Crippen LogP) is 2.26. The first-order valence-corrected chi connectivity index (χ1v) is 12.3. The predicted molar refractivity (Wildman–Crippen MR) is 120 cm³/mol. The van der Waals surface area contributed by atoms with E-state index in [1.54, 1.807) is 36.1 Å². The van der Waals surface area contributed by atoms with Crippen LogP contribution in [0.1, 0.15) is 25.3 Å². The van der Waals surface area contributed by atoms with Gasteiger partial charge in [-0.15, -0.1) is 0 Å². The lowest BCUT2D eigenvalue weighted by molar-refractivity contribution is -0.134. The minimum atomic E-state index is -3.79. The average molecular weight is 467 g/mol. The first-order chi connectivity index (χ1) is 14.7. The Labute approximate surface area is 188 Å². The summed E-state index contributed by atoms with van der Waals surface area (Å²) in [6.45, 7) is 4.56. The Morgan fingerprint density at radius 1 is 1.23 bits per heavy atom. The summed E-state index contributed by atoms with van der Waals surface area (Å²) in [5, 5.41) is 8.26. The summed E-state index contributed by atoms with van der Waals surface area (Å²) in [4.78, 5) is 16.7. The second-order valence-corrected chi connectivity index (χ2v) is 10.7. The fourth-order valence-corrected chi connectivity index (χ4v) is 5.86. The van der Waals surface area contributed by atoms with Gasteiger partial charge < -0.3 is 14.5 Å². The number of carbonyl (C=O) groups excluding carboxylic acids is 1. The van der Waals surface area contributed by atoms with Crippen LogP contribution in [0.5, 0.6) is 5.75 Å². The standard InChI is InChI=1S/C21H27ClN4O4S/c1-15(23)24-6-4-16(5-7-24)12-25-8-9-26(13-21(25)27)31(28,29)19-10-17-2-3-18(22)11-20(17)30-14-19/h2-3,10-11,16,23H,4-9,12-14H2,1H3. The van der Waals surface area contributed by atoms with E-state index in [0.29, 0.717) is 41.2 Å². The fourth-order valence-electron chi connectivity index (χ4n) is 4.28. The van der Waals surface area contributed by atoms with Gasteiger partial charge >= 0.3 is 0 Å². The van der Waals surface area contributed by atoms with Gasteiger partial charge in [-0.05, 0) is 50.0 Å². The number of benzene rings is 1. The Morgan fingerprint density at radius 2 is 1.97 bits per heavy atom. The molecule has 10 heteroatoms. The molecule has 4 rings (SSSR count). The van der Waals surface area contributed by atoms with Gasteiger partial charge in [0.1, 0.15) is 12.4 Å². The molecule has 1 N–H and O–H groups in total. The molecule has 3 heterocycles. The lowest BCUT2D eigenvalue weighted by atomic mass is 9.96. The molecule has 0 bridgehead atoms. The Kier molecular flexibility index (Phi) is 6.27. The molecule has 2 saturated heterocycles. The number of amidine groups is 1. The lowest BCUT2D eigenvalue weighted by Gasteiger charge is -2.38. The van der Waals surface area contributed by atoms with Crippen molar-refractivity contribution in [2.24, 2.45) is 5.92 Å². The molecule has 1 amide bonds. The number of halogens is 1. The van der Waals surface area contributed by atoms with Crippen molar-refractivity contribution in [3.8, 4) is 5.75 Å². The highest BCUT2D eigenvalue weighted by atomic mass is 35.5. The average Bonchev–Trinajstić information content (AvgIpc) is 2.75. The summed E-state index contributed by atoms with van der Waals surface area (Å²) >= 11 is 5.96. The zero-order valence-electron chi connectivity index (χ0n) is 17.5.